The monoisotopic (exact) mass is 374 g/mol. The van der Waals surface area contributed by atoms with Gasteiger partial charge in [-0.05, 0) is 43.7 Å². The lowest BCUT2D eigenvalue weighted by Gasteiger charge is -2.12. The fraction of sp³-hybridized carbons (Fsp3) is 0.600. The Morgan fingerprint density at radius 2 is 2.04 bits per heavy atom. The molecule has 0 saturated heterocycles. The highest BCUT2D eigenvalue weighted by atomic mass is 32.1. The Kier molecular flexibility index (Phi) is 7.12. The van der Waals surface area contributed by atoms with Crippen LogP contribution in [0.5, 0.6) is 0 Å². The van der Waals surface area contributed by atoms with Crippen molar-refractivity contribution in [3.63, 3.8) is 0 Å². The summed E-state index contributed by atoms with van der Waals surface area (Å²) < 4.78 is 5.39. The number of aryl methyl sites for hydroxylation is 2. The first-order valence-corrected chi connectivity index (χ1v) is 10.5. The van der Waals surface area contributed by atoms with Crippen molar-refractivity contribution in [1.29, 1.82) is 0 Å². The number of fused-ring (bicyclic) bond motifs is 1. The summed E-state index contributed by atoms with van der Waals surface area (Å²) in [5, 5.41) is 8.12. The van der Waals surface area contributed by atoms with E-state index in [9.17, 15) is 0 Å². The van der Waals surface area contributed by atoms with Gasteiger partial charge in [0.25, 0.3) is 0 Å². The Bertz CT molecular complexity index is 667. The van der Waals surface area contributed by atoms with E-state index in [1.165, 1.54) is 34.8 Å². The average molecular weight is 375 g/mol. The summed E-state index contributed by atoms with van der Waals surface area (Å²) in [5.74, 6) is 2.42. The number of rotatable bonds is 8. The van der Waals surface area contributed by atoms with Gasteiger partial charge in [-0.25, -0.2) is 4.98 Å². The largest absolute Gasteiger partial charge is 0.469 e. The van der Waals surface area contributed by atoms with E-state index in [2.05, 4.69) is 29.5 Å². The lowest BCUT2D eigenvalue weighted by Crippen LogP contribution is -2.39. The third-order valence-electron chi connectivity index (χ3n) is 4.38. The molecular formula is C20H30N4OS. The van der Waals surface area contributed by atoms with Crippen molar-refractivity contribution in [3.8, 4) is 0 Å². The summed E-state index contributed by atoms with van der Waals surface area (Å²) in [6, 6.07) is 3.93. The van der Waals surface area contributed by atoms with Crippen LogP contribution in [0.3, 0.4) is 0 Å². The summed E-state index contributed by atoms with van der Waals surface area (Å²) in [4.78, 5) is 11.0. The van der Waals surface area contributed by atoms with E-state index in [1.807, 2.05) is 23.5 Å². The minimum Gasteiger partial charge on any atom is -0.469 e. The molecule has 6 heteroatoms. The van der Waals surface area contributed by atoms with Gasteiger partial charge in [-0.1, -0.05) is 13.8 Å². The molecule has 142 valence electrons. The number of hydrogen-bond donors (Lipinski definition) is 2. The van der Waals surface area contributed by atoms with Crippen molar-refractivity contribution in [1.82, 2.24) is 15.6 Å². The van der Waals surface area contributed by atoms with Crippen LogP contribution in [0.25, 0.3) is 0 Å². The van der Waals surface area contributed by atoms with E-state index in [0.717, 1.165) is 50.6 Å². The second kappa shape index (κ2) is 9.76. The van der Waals surface area contributed by atoms with Crippen LogP contribution in [-0.4, -0.2) is 30.6 Å². The van der Waals surface area contributed by atoms with E-state index in [0.29, 0.717) is 5.92 Å². The van der Waals surface area contributed by atoms with Gasteiger partial charge in [-0.2, -0.15) is 0 Å². The van der Waals surface area contributed by atoms with Crippen LogP contribution >= 0.6 is 11.3 Å². The summed E-state index contributed by atoms with van der Waals surface area (Å²) in [7, 11) is 0. The smallest absolute Gasteiger partial charge is 0.191 e. The molecule has 0 radical (unpaired) electrons. The molecule has 0 aliphatic heterocycles. The van der Waals surface area contributed by atoms with Gasteiger partial charge in [0.2, 0.25) is 0 Å². The van der Waals surface area contributed by atoms with E-state index >= 15 is 0 Å². The molecule has 3 rings (SSSR count). The van der Waals surface area contributed by atoms with Crippen LogP contribution in [0.2, 0.25) is 0 Å². The number of furan rings is 1. The topological polar surface area (TPSA) is 62.5 Å². The van der Waals surface area contributed by atoms with Crippen LogP contribution in [0.15, 0.2) is 27.8 Å². The van der Waals surface area contributed by atoms with Crippen molar-refractivity contribution in [2.24, 2.45) is 10.9 Å². The number of thiazole rings is 1. The molecule has 0 aromatic carbocycles. The Hall–Kier alpha value is -1.82. The second-order valence-electron chi connectivity index (χ2n) is 7.20. The number of guanidine groups is 1. The molecule has 0 saturated carbocycles. The second-order valence-corrected chi connectivity index (χ2v) is 8.37. The van der Waals surface area contributed by atoms with Crippen LogP contribution in [0, 0.1) is 5.92 Å². The molecule has 0 spiro atoms. The quantitative estimate of drug-likeness (QED) is 0.547. The van der Waals surface area contributed by atoms with Crippen LogP contribution in [-0.2, 0) is 25.7 Å². The van der Waals surface area contributed by atoms with Gasteiger partial charge < -0.3 is 15.1 Å². The Labute approximate surface area is 160 Å². The van der Waals surface area contributed by atoms with Gasteiger partial charge in [-0.15, -0.1) is 11.3 Å². The molecule has 5 nitrogen and oxygen atoms in total. The molecule has 2 N–H and O–H groups in total. The number of hydrogen-bond acceptors (Lipinski definition) is 4. The first-order valence-electron chi connectivity index (χ1n) is 9.72. The predicted octanol–water partition coefficient (Wildman–Crippen LogP) is 3.59. The molecule has 2 aromatic heterocycles. The fourth-order valence-electron chi connectivity index (χ4n) is 3.01. The highest BCUT2D eigenvalue weighted by molar-refractivity contribution is 7.11. The number of aliphatic imine (C=N–C) groups is 1. The molecule has 0 atom stereocenters. The zero-order chi connectivity index (χ0) is 18.2. The SMILES string of the molecule is CC(C)CN=C(NCCc1ccco1)NCCc1nc2c(s1)CCCC2. The zero-order valence-corrected chi connectivity index (χ0v) is 16.7. The number of aromatic nitrogens is 1. The third kappa shape index (κ3) is 5.87. The van der Waals surface area contributed by atoms with E-state index in [-0.39, 0.29) is 0 Å². The average Bonchev–Trinajstić information content (AvgIpc) is 3.28. The minimum atomic E-state index is 0.546. The Morgan fingerprint density at radius 3 is 2.77 bits per heavy atom. The van der Waals surface area contributed by atoms with Gasteiger partial charge >= 0.3 is 0 Å². The summed E-state index contributed by atoms with van der Waals surface area (Å²) in [5.41, 5.74) is 1.35. The number of nitrogens with one attached hydrogen (secondary N) is 2. The molecule has 2 aromatic rings. The highest BCUT2D eigenvalue weighted by Crippen LogP contribution is 2.26. The summed E-state index contributed by atoms with van der Waals surface area (Å²) in [6.07, 6.45) is 8.52. The first kappa shape index (κ1) is 19.0. The lowest BCUT2D eigenvalue weighted by molar-refractivity contribution is 0.506. The maximum absolute atomic E-state index is 5.39. The fourth-order valence-corrected chi connectivity index (χ4v) is 4.16. The van der Waals surface area contributed by atoms with Crippen LogP contribution in [0.4, 0.5) is 0 Å². The van der Waals surface area contributed by atoms with Crippen molar-refractivity contribution in [2.45, 2.75) is 52.4 Å². The number of nitrogens with zero attached hydrogens (tertiary/aromatic N) is 2. The van der Waals surface area contributed by atoms with Crippen LogP contribution in [0.1, 0.15) is 48.0 Å². The first-order chi connectivity index (χ1) is 12.7. The van der Waals surface area contributed by atoms with Crippen molar-refractivity contribution >= 4 is 17.3 Å². The van der Waals surface area contributed by atoms with Crippen molar-refractivity contribution < 1.29 is 4.42 Å². The molecule has 1 aliphatic rings. The molecule has 0 unspecified atom stereocenters. The van der Waals surface area contributed by atoms with Gasteiger partial charge in [0.15, 0.2) is 5.96 Å². The Balaban J connectivity index is 1.46. The minimum absolute atomic E-state index is 0.546. The molecule has 1 aliphatic carbocycles. The molecule has 0 fully saturated rings. The molecular weight excluding hydrogens is 344 g/mol. The van der Waals surface area contributed by atoms with Gasteiger partial charge in [-0.3, -0.25) is 4.99 Å². The maximum Gasteiger partial charge on any atom is 0.191 e. The van der Waals surface area contributed by atoms with Gasteiger partial charge in [0.05, 0.1) is 17.0 Å². The molecule has 26 heavy (non-hydrogen) atoms. The van der Waals surface area contributed by atoms with E-state index < -0.39 is 0 Å². The van der Waals surface area contributed by atoms with E-state index in [1.54, 1.807) is 6.26 Å². The standard InChI is InChI=1S/C20H30N4OS/c1-15(2)14-23-20(21-11-9-16-6-5-13-25-16)22-12-10-19-24-17-7-3-4-8-18(17)26-19/h5-6,13,15H,3-4,7-12,14H2,1-2H3,(H2,21,22,23). The maximum atomic E-state index is 5.39. The normalized spacial score (nSPS) is 14.5. The van der Waals surface area contributed by atoms with Gasteiger partial charge in [0, 0.05) is 37.4 Å². The molecule has 2 heterocycles. The molecule has 0 amide bonds. The summed E-state index contributed by atoms with van der Waals surface area (Å²) in [6.45, 7) is 6.86. The van der Waals surface area contributed by atoms with Gasteiger partial charge in [0.1, 0.15) is 5.76 Å². The Morgan fingerprint density at radius 1 is 1.23 bits per heavy atom. The molecule has 0 bridgehead atoms. The van der Waals surface area contributed by atoms with Crippen molar-refractivity contribution in [2.75, 3.05) is 19.6 Å². The summed E-state index contributed by atoms with van der Waals surface area (Å²) >= 11 is 1.90. The highest BCUT2D eigenvalue weighted by Gasteiger charge is 2.14. The third-order valence-corrected chi connectivity index (χ3v) is 5.60. The van der Waals surface area contributed by atoms with E-state index in [4.69, 9.17) is 9.40 Å². The predicted molar refractivity (Wildman–Crippen MR) is 108 cm³/mol. The zero-order valence-electron chi connectivity index (χ0n) is 15.9. The van der Waals surface area contributed by atoms with Crippen LogP contribution < -0.4 is 10.6 Å². The lowest BCUT2D eigenvalue weighted by atomic mass is 10.0. The van der Waals surface area contributed by atoms with Crippen molar-refractivity contribution in [3.05, 3.63) is 39.7 Å².